The van der Waals surface area contributed by atoms with Crippen LogP contribution < -0.4 is 5.73 Å². The number of rotatable bonds is 4. The maximum atomic E-state index is 12.0. The standard InChI is InChI=1S/C12H16N4OS/c1-16(9-4-2-3-5-9)10(17)8-18-12-11(13)14-6-7-15-12/h4,6-7H,2-3,5,8H2,1H3,(H2,13,14). The molecule has 0 aliphatic heterocycles. The Morgan fingerprint density at radius 3 is 2.94 bits per heavy atom. The fraction of sp³-hybridized carbons (Fsp3) is 0.417. The molecule has 6 heteroatoms. The van der Waals surface area contributed by atoms with E-state index in [2.05, 4.69) is 16.0 Å². The molecule has 0 saturated carbocycles. The van der Waals surface area contributed by atoms with Gasteiger partial charge in [-0.05, 0) is 19.3 Å². The van der Waals surface area contributed by atoms with E-state index in [1.807, 2.05) is 7.05 Å². The number of hydrogen-bond acceptors (Lipinski definition) is 5. The lowest BCUT2D eigenvalue weighted by Gasteiger charge is -2.18. The van der Waals surface area contributed by atoms with Crippen LogP contribution in [0.5, 0.6) is 0 Å². The van der Waals surface area contributed by atoms with Gasteiger partial charge in [0.2, 0.25) is 5.91 Å². The van der Waals surface area contributed by atoms with E-state index in [-0.39, 0.29) is 5.91 Å². The Labute approximate surface area is 110 Å². The summed E-state index contributed by atoms with van der Waals surface area (Å²) < 4.78 is 0. The summed E-state index contributed by atoms with van der Waals surface area (Å²) in [6.07, 6.45) is 8.43. The van der Waals surface area contributed by atoms with Crippen molar-refractivity contribution in [3.05, 3.63) is 24.2 Å². The number of hydrogen-bond donors (Lipinski definition) is 1. The molecule has 0 unspecified atom stereocenters. The smallest absolute Gasteiger partial charge is 0.236 e. The van der Waals surface area contributed by atoms with Gasteiger partial charge in [0.25, 0.3) is 0 Å². The highest BCUT2D eigenvalue weighted by Gasteiger charge is 2.16. The van der Waals surface area contributed by atoms with Crippen molar-refractivity contribution in [3.8, 4) is 0 Å². The maximum absolute atomic E-state index is 12.0. The predicted molar refractivity (Wildman–Crippen MR) is 71.9 cm³/mol. The van der Waals surface area contributed by atoms with E-state index in [0.717, 1.165) is 25.0 Å². The van der Waals surface area contributed by atoms with Crippen molar-refractivity contribution >= 4 is 23.5 Å². The second kappa shape index (κ2) is 5.86. The molecular weight excluding hydrogens is 248 g/mol. The zero-order valence-corrected chi connectivity index (χ0v) is 11.1. The van der Waals surface area contributed by atoms with Crippen LogP contribution in [0.1, 0.15) is 19.3 Å². The first-order valence-electron chi connectivity index (χ1n) is 5.83. The minimum atomic E-state index is 0.0678. The molecular formula is C12H16N4OS. The highest BCUT2D eigenvalue weighted by molar-refractivity contribution is 8.00. The average Bonchev–Trinajstić information content (AvgIpc) is 2.90. The molecule has 18 heavy (non-hydrogen) atoms. The first-order valence-corrected chi connectivity index (χ1v) is 6.82. The largest absolute Gasteiger partial charge is 0.381 e. The molecule has 1 amide bonds. The highest BCUT2D eigenvalue weighted by atomic mass is 32.2. The third-order valence-electron chi connectivity index (χ3n) is 2.85. The predicted octanol–water partition coefficient (Wildman–Crippen LogP) is 1.68. The molecule has 1 aliphatic rings. The zero-order chi connectivity index (χ0) is 13.0. The van der Waals surface area contributed by atoms with Crippen LogP contribution >= 0.6 is 11.8 Å². The van der Waals surface area contributed by atoms with Gasteiger partial charge in [-0.3, -0.25) is 4.79 Å². The van der Waals surface area contributed by atoms with Crippen LogP contribution in [0, 0.1) is 0 Å². The Hall–Kier alpha value is -1.56. The summed E-state index contributed by atoms with van der Waals surface area (Å²) in [6, 6.07) is 0. The summed E-state index contributed by atoms with van der Waals surface area (Å²) in [4.78, 5) is 21.8. The highest BCUT2D eigenvalue weighted by Crippen LogP contribution is 2.23. The molecule has 0 radical (unpaired) electrons. The monoisotopic (exact) mass is 264 g/mol. The van der Waals surface area contributed by atoms with Gasteiger partial charge in [0.1, 0.15) is 5.03 Å². The lowest BCUT2D eigenvalue weighted by molar-refractivity contribution is -0.125. The Balaban J connectivity index is 1.90. The van der Waals surface area contributed by atoms with Crippen molar-refractivity contribution in [2.45, 2.75) is 24.3 Å². The quantitative estimate of drug-likeness (QED) is 0.838. The van der Waals surface area contributed by atoms with Gasteiger partial charge < -0.3 is 10.6 Å². The van der Waals surface area contributed by atoms with E-state index in [9.17, 15) is 4.79 Å². The molecule has 0 spiro atoms. The van der Waals surface area contributed by atoms with Crippen LogP contribution in [0.4, 0.5) is 5.82 Å². The van der Waals surface area contributed by atoms with Crippen LogP contribution in [0.2, 0.25) is 0 Å². The topological polar surface area (TPSA) is 72.1 Å². The molecule has 1 heterocycles. The number of allylic oxidation sites excluding steroid dienone is 2. The van der Waals surface area contributed by atoms with Crippen molar-refractivity contribution < 1.29 is 4.79 Å². The van der Waals surface area contributed by atoms with Crippen LogP contribution in [-0.2, 0) is 4.79 Å². The van der Waals surface area contributed by atoms with Crippen LogP contribution in [0.25, 0.3) is 0 Å². The molecule has 0 saturated heterocycles. The van der Waals surface area contributed by atoms with Crippen molar-refractivity contribution in [2.75, 3.05) is 18.5 Å². The Kier molecular flexibility index (Phi) is 4.19. The Bertz CT molecular complexity index is 475. The van der Waals surface area contributed by atoms with E-state index in [0.29, 0.717) is 16.6 Å². The fourth-order valence-electron chi connectivity index (χ4n) is 1.79. The third-order valence-corrected chi connectivity index (χ3v) is 3.82. The molecule has 1 aliphatic carbocycles. The number of nitrogen functional groups attached to an aromatic ring is 1. The summed E-state index contributed by atoms with van der Waals surface area (Å²) in [5, 5.41) is 0.611. The van der Waals surface area contributed by atoms with E-state index in [4.69, 9.17) is 5.73 Å². The number of anilines is 1. The minimum absolute atomic E-state index is 0.0678. The summed E-state index contributed by atoms with van der Waals surface area (Å²) in [5.41, 5.74) is 6.79. The van der Waals surface area contributed by atoms with Crippen LogP contribution in [-0.4, -0.2) is 33.6 Å². The summed E-state index contributed by atoms with van der Waals surface area (Å²) >= 11 is 1.33. The average molecular weight is 264 g/mol. The normalized spacial score (nSPS) is 14.4. The van der Waals surface area contributed by atoms with Crippen LogP contribution in [0.15, 0.2) is 29.2 Å². The first kappa shape index (κ1) is 12.9. The van der Waals surface area contributed by atoms with Gasteiger partial charge in [-0.15, -0.1) is 0 Å². The molecule has 96 valence electrons. The fourth-order valence-corrected chi connectivity index (χ4v) is 2.58. The summed E-state index contributed by atoms with van der Waals surface area (Å²) in [7, 11) is 1.82. The van der Waals surface area contributed by atoms with Gasteiger partial charge in [0, 0.05) is 25.1 Å². The SMILES string of the molecule is CN(C(=O)CSc1nccnc1N)C1=CCCC1. The third kappa shape index (κ3) is 3.01. The van der Waals surface area contributed by atoms with E-state index in [1.165, 1.54) is 18.0 Å². The molecule has 0 bridgehead atoms. The summed E-state index contributed by atoms with van der Waals surface area (Å²) in [6.45, 7) is 0. The van der Waals surface area contributed by atoms with Gasteiger partial charge >= 0.3 is 0 Å². The van der Waals surface area contributed by atoms with Gasteiger partial charge in [-0.25, -0.2) is 9.97 Å². The molecule has 2 rings (SSSR count). The number of nitrogens with zero attached hydrogens (tertiary/aromatic N) is 3. The number of aromatic nitrogens is 2. The first-order chi connectivity index (χ1) is 8.68. The Morgan fingerprint density at radius 2 is 2.28 bits per heavy atom. The number of amides is 1. The van der Waals surface area contributed by atoms with Crippen LogP contribution in [0.3, 0.4) is 0 Å². The number of carbonyl (C=O) groups is 1. The molecule has 0 fully saturated rings. The number of thioether (sulfide) groups is 1. The molecule has 2 N–H and O–H groups in total. The molecule has 0 aromatic carbocycles. The lowest BCUT2D eigenvalue weighted by atomic mass is 10.3. The lowest BCUT2D eigenvalue weighted by Crippen LogP contribution is -2.27. The molecule has 0 atom stereocenters. The van der Waals surface area contributed by atoms with Crippen molar-refractivity contribution in [1.82, 2.24) is 14.9 Å². The maximum Gasteiger partial charge on any atom is 0.236 e. The Morgan fingerprint density at radius 1 is 1.50 bits per heavy atom. The van der Waals surface area contributed by atoms with Crippen molar-refractivity contribution in [3.63, 3.8) is 0 Å². The second-order valence-electron chi connectivity index (χ2n) is 4.08. The molecule has 1 aromatic heterocycles. The number of carbonyl (C=O) groups excluding carboxylic acids is 1. The van der Waals surface area contributed by atoms with Crippen molar-refractivity contribution in [2.24, 2.45) is 0 Å². The minimum Gasteiger partial charge on any atom is -0.381 e. The van der Waals surface area contributed by atoms with Gasteiger partial charge in [0.15, 0.2) is 5.82 Å². The number of nitrogens with two attached hydrogens (primary N) is 1. The van der Waals surface area contributed by atoms with Gasteiger partial charge in [0.05, 0.1) is 5.75 Å². The molecule has 1 aromatic rings. The summed E-state index contributed by atoms with van der Waals surface area (Å²) in [5.74, 6) is 0.771. The van der Waals surface area contributed by atoms with Gasteiger partial charge in [-0.1, -0.05) is 17.8 Å². The van der Waals surface area contributed by atoms with Crippen molar-refractivity contribution in [1.29, 1.82) is 0 Å². The van der Waals surface area contributed by atoms with Gasteiger partial charge in [-0.2, -0.15) is 0 Å². The second-order valence-corrected chi connectivity index (χ2v) is 5.04. The van der Waals surface area contributed by atoms with E-state index in [1.54, 1.807) is 11.1 Å². The van der Waals surface area contributed by atoms with E-state index >= 15 is 0 Å². The molecule has 5 nitrogen and oxygen atoms in total. The van der Waals surface area contributed by atoms with E-state index < -0.39 is 0 Å². The zero-order valence-electron chi connectivity index (χ0n) is 10.3.